The lowest BCUT2D eigenvalue weighted by Crippen LogP contribution is -2.13. The van der Waals surface area contributed by atoms with Crippen LogP contribution in [0.4, 0.5) is 0 Å². The highest BCUT2D eigenvalue weighted by Gasteiger charge is 2.33. The predicted molar refractivity (Wildman–Crippen MR) is 91.9 cm³/mol. The molecule has 6 nitrogen and oxygen atoms in total. The fourth-order valence-electron chi connectivity index (χ4n) is 3.43. The number of benzene rings is 2. The summed E-state index contributed by atoms with van der Waals surface area (Å²) in [4.78, 5) is 17.2. The maximum absolute atomic E-state index is 12.9. The van der Waals surface area contributed by atoms with E-state index in [-0.39, 0.29) is 11.5 Å². The van der Waals surface area contributed by atoms with Crippen LogP contribution in [0.15, 0.2) is 30.5 Å². The molecule has 4 rings (SSSR count). The van der Waals surface area contributed by atoms with E-state index in [1.807, 2.05) is 0 Å². The molecule has 3 aromatic rings. The van der Waals surface area contributed by atoms with Crippen LogP contribution < -0.4 is 14.2 Å². The average Bonchev–Trinajstić information content (AvgIpc) is 2.64. The number of carbonyl (C=O) groups excluding carboxylic acids is 1. The Morgan fingerprint density at radius 2 is 1.64 bits per heavy atom. The second-order valence-corrected chi connectivity index (χ2v) is 5.62. The van der Waals surface area contributed by atoms with Crippen molar-refractivity contribution in [2.24, 2.45) is 0 Å². The van der Waals surface area contributed by atoms with Gasteiger partial charge in [-0.3, -0.25) is 9.78 Å². The molecule has 0 spiro atoms. The van der Waals surface area contributed by atoms with Crippen LogP contribution in [0.2, 0.25) is 0 Å². The molecule has 0 atom stereocenters. The van der Waals surface area contributed by atoms with Gasteiger partial charge in [0.15, 0.2) is 11.5 Å². The summed E-state index contributed by atoms with van der Waals surface area (Å²) in [6, 6.07) is 6.45. The summed E-state index contributed by atoms with van der Waals surface area (Å²) < 4.78 is 16.7. The smallest absolute Gasteiger partial charge is 0.212 e. The van der Waals surface area contributed by atoms with Crippen molar-refractivity contribution in [3.8, 4) is 34.1 Å². The Bertz CT molecular complexity index is 1040. The molecular formula is C19H15NO5. The summed E-state index contributed by atoms with van der Waals surface area (Å²) in [5, 5.41) is 11.2. The minimum Gasteiger partial charge on any atom is -0.508 e. The van der Waals surface area contributed by atoms with Crippen LogP contribution in [-0.4, -0.2) is 37.2 Å². The molecule has 2 aromatic carbocycles. The van der Waals surface area contributed by atoms with Crippen LogP contribution in [0.3, 0.4) is 0 Å². The Hall–Kier alpha value is -3.28. The van der Waals surface area contributed by atoms with Gasteiger partial charge in [-0.1, -0.05) is 0 Å². The first kappa shape index (κ1) is 15.3. The van der Waals surface area contributed by atoms with Crippen molar-refractivity contribution in [2.45, 2.75) is 0 Å². The highest BCUT2D eigenvalue weighted by atomic mass is 16.5. The predicted octanol–water partition coefficient (Wildman–Crippen LogP) is 3.18. The number of ether oxygens (including phenoxy) is 3. The van der Waals surface area contributed by atoms with E-state index < -0.39 is 0 Å². The monoisotopic (exact) mass is 337 g/mol. The van der Waals surface area contributed by atoms with Crippen LogP contribution in [0, 0.1) is 0 Å². The fraction of sp³-hybridized carbons (Fsp3) is 0.158. The standard InChI is InChI=1S/C19H15NO5/c1-23-17-11-6-7-20-15-13(11)14(18(24-2)19(17)25-3)10-5-4-9(21)8-12(10)16(15)22/h4-8,21H,1-3H3. The third-order valence-electron chi connectivity index (χ3n) is 4.43. The van der Waals surface area contributed by atoms with Gasteiger partial charge in [0.1, 0.15) is 11.4 Å². The van der Waals surface area contributed by atoms with E-state index in [2.05, 4.69) is 4.98 Å². The molecule has 0 amide bonds. The Kier molecular flexibility index (Phi) is 3.28. The Labute approximate surface area is 143 Å². The van der Waals surface area contributed by atoms with Gasteiger partial charge in [-0.2, -0.15) is 0 Å². The van der Waals surface area contributed by atoms with Gasteiger partial charge in [-0.25, -0.2) is 0 Å². The van der Waals surface area contributed by atoms with Crippen molar-refractivity contribution >= 4 is 16.6 Å². The minimum atomic E-state index is -0.252. The number of aromatic hydroxyl groups is 1. The van der Waals surface area contributed by atoms with E-state index in [1.165, 1.54) is 33.5 Å². The summed E-state index contributed by atoms with van der Waals surface area (Å²) >= 11 is 0. The first-order valence-corrected chi connectivity index (χ1v) is 7.61. The molecule has 1 N–H and O–H groups in total. The zero-order valence-corrected chi connectivity index (χ0v) is 13.9. The van der Waals surface area contributed by atoms with Crippen LogP contribution >= 0.6 is 0 Å². The molecule has 0 aliphatic heterocycles. The first-order chi connectivity index (χ1) is 12.1. The molecular weight excluding hydrogens is 322 g/mol. The fourth-order valence-corrected chi connectivity index (χ4v) is 3.43. The number of aromatic nitrogens is 1. The lowest BCUT2D eigenvalue weighted by Gasteiger charge is -2.24. The number of pyridine rings is 1. The van der Waals surface area contributed by atoms with E-state index in [0.717, 1.165) is 0 Å². The Balaban J connectivity index is 2.29. The normalized spacial score (nSPS) is 12.0. The number of phenolic OH excluding ortho intramolecular Hbond substituents is 1. The molecule has 1 aromatic heterocycles. The lowest BCUT2D eigenvalue weighted by atomic mass is 9.84. The molecule has 0 radical (unpaired) electrons. The largest absolute Gasteiger partial charge is 0.508 e. The highest BCUT2D eigenvalue weighted by molar-refractivity contribution is 6.27. The van der Waals surface area contributed by atoms with Gasteiger partial charge in [0.05, 0.1) is 21.3 Å². The molecule has 25 heavy (non-hydrogen) atoms. The summed E-state index contributed by atoms with van der Waals surface area (Å²) in [5.41, 5.74) is 2.03. The van der Waals surface area contributed by atoms with E-state index in [0.29, 0.717) is 50.4 Å². The van der Waals surface area contributed by atoms with Crippen molar-refractivity contribution in [1.29, 1.82) is 0 Å². The summed E-state index contributed by atoms with van der Waals surface area (Å²) in [7, 11) is 4.61. The molecule has 0 saturated carbocycles. The van der Waals surface area contributed by atoms with Gasteiger partial charge in [-0.15, -0.1) is 0 Å². The van der Waals surface area contributed by atoms with Crippen LogP contribution in [-0.2, 0) is 0 Å². The third kappa shape index (κ3) is 1.91. The van der Waals surface area contributed by atoms with Crippen molar-refractivity contribution in [2.75, 3.05) is 21.3 Å². The average molecular weight is 337 g/mol. The van der Waals surface area contributed by atoms with Crippen molar-refractivity contribution in [3.05, 3.63) is 41.7 Å². The SMILES string of the molecule is COc1c(OC)c2c3c(nccc3c1OC)C(=O)c1cc(O)ccc1-2. The number of nitrogens with zero attached hydrogens (tertiary/aromatic N) is 1. The molecule has 126 valence electrons. The van der Waals surface area contributed by atoms with Crippen LogP contribution in [0.25, 0.3) is 21.9 Å². The number of carbonyl (C=O) groups is 1. The van der Waals surface area contributed by atoms with Crippen molar-refractivity contribution in [1.82, 2.24) is 4.98 Å². The quantitative estimate of drug-likeness (QED) is 0.619. The van der Waals surface area contributed by atoms with Gasteiger partial charge < -0.3 is 19.3 Å². The first-order valence-electron chi connectivity index (χ1n) is 7.61. The topological polar surface area (TPSA) is 77.9 Å². The number of hydrogen-bond acceptors (Lipinski definition) is 6. The summed E-state index contributed by atoms with van der Waals surface area (Å²) in [5.74, 6) is 1.15. The molecule has 0 fully saturated rings. The highest BCUT2D eigenvalue weighted by Crippen LogP contribution is 2.54. The molecule has 0 saturated heterocycles. The van der Waals surface area contributed by atoms with Crippen molar-refractivity contribution in [3.63, 3.8) is 0 Å². The molecule has 1 heterocycles. The number of methoxy groups -OCH3 is 3. The van der Waals surface area contributed by atoms with Crippen LogP contribution in [0.5, 0.6) is 23.0 Å². The lowest BCUT2D eigenvalue weighted by molar-refractivity contribution is 0.103. The minimum absolute atomic E-state index is 0.0159. The van der Waals surface area contributed by atoms with Gasteiger partial charge in [0.25, 0.3) is 0 Å². The van der Waals surface area contributed by atoms with Crippen LogP contribution in [0.1, 0.15) is 16.1 Å². The third-order valence-corrected chi connectivity index (χ3v) is 4.43. The Morgan fingerprint density at radius 1 is 0.920 bits per heavy atom. The molecule has 0 unspecified atom stereocenters. The molecule has 1 aliphatic carbocycles. The number of ketones is 1. The maximum Gasteiger partial charge on any atom is 0.212 e. The zero-order chi connectivity index (χ0) is 17.7. The van der Waals surface area contributed by atoms with E-state index in [1.54, 1.807) is 18.3 Å². The van der Waals surface area contributed by atoms with Crippen molar-refractivity contribution < 1.29 is 24.1 Å². The Morgan fingerprint density at radius 3 is 2.32 bits per heavy atom. The second-order valence-electron chi connectivity index (χ2n) is 5.62. The number of fused-ring (bicyclic) bond motifs is 2. The molecule has 0 bridgehead atoms. The van der Waals surface area contributed by atoms with E-state index in [9.17, 15) is 9.90 Å². The van der Waals surface area contributed by atoms with E-state index in [4.69, 9.17) is 14.2 Å². The number of rotatable bonds is 3. The second kappa shape index (κ2) is 5.37. The van der Waals surface area contributed by atoms with Gasteiger partial charge in [0.2, 0.25) is 11.5 Å². The zero-order valence-electron chi connectivity index (χ0n) is 13.9. The molecule has 1 aliphatic rings. The van der Waals surface area contributed by atoms with E-state index >= 15 is 0 Å². The van der Waals surface area contributed by atoms with Gasteiger partial charge >= 0.3 is 0 Å². The number of phenols is 1. The van der Waals surface area contributed by atoms with Gasteiger partial charge in [0, 0.05) is 28.1 Å². The summed E-state index contributed by atoms with van der Waals surface area (Å²) in [6.45, 7) is 0. The maximum atomic E-state index is 12.9. The van der Waals surface area contributed by atoms with Gasteiger partial charge in [-0.05, 0) is 29.8 Å². The number of hydrogen-bond donors (Lipinski definition) is 1. The summed E-state index contributed by atoms with van der Waals surface area (Å²) in [6.07, 6.45) is 1.56. The molecule has 6 heteroatoms.